The lowest BCUT2D eigenvalue weighted by Crippen LogP contribution is -2.55. The van der Waals surface area contributed by atoms with Crippen LogP contribution in [0.4, 0.5) is 4.79 Å². The molecule has 0 unspecified atom stereocenters. The Morgan fingerprint density at radius 3 is 2.52 bits per heavy atom. The molecule has 0 aromatic heterocycles. The number of hydrogen-bond acceptors (Lipinski definition) is 5. The summed E-state index contributed by atoms with van der Waals surface area (Å²) in [7, 11) is 1.70. The summed E-state index contributed by atoms with van der Waals surface area (Å²) >= 11 is 0. The number of carbonyl (C=O) groups is 2. The average Bonchev–Trinajstić information content (AvgIpc) is 2.64. The second kappa shape index (κ2) is 9.74. The number of amides is 1. The molecule has 1 saturated carbocycles. The summed E-state index contributed by atoms with van der Waals surface area (Å²) in [6.07, 6.45) is 2.81. The van der Waals surface area contributed by atoms with E-state index >= 15 is 0 Å². The van der Waals surface area contributed by atoms with Crippen LogP contribution in [0.15, 0.2) is 18.2 Å². The normalized spacial score (nSPS) is 22.1. The van der Waals surface area contributed by atoms with Gasteiger partial charge in [-0.3, -0.25) is 4.79 Å². The maximum absolute atomic E-state index is 12.8. The Hall–Kier alpha value is -2.08. The van der Waals surface area contributed by atoms with Crippen molar-refractivity contribution in [1.82, 2.24) is 5.32 Å². The van der Waals surface area contributed by atoms with Crippen molar-refractivity contribution in [3.63, 3.8) is 0 Å². The van der Waals surface area contributed by atoms with Crippen LogP contribution in [0.2, 0.25) is 0 Å². The first kappa shape index (κ1) is 21.2. The van der Waals surface area contributed by atoms with Crippen molar-refractivity contribution in [1.29, 1.82) is 0 Å². The molecule has 2 rings (SSSR count). The zero-order chi connectivity index (χ0) is 19.9. The number of hydrogen-bond donors (Lipinski definition) is 1. The van der Waals surface area contributed by atoms with Gasteiger partial charge in [0.15, 0.2) is 0 Å². The third-order valence-electron chi connectivity index (χ3n) is 5.21. The van der Waals surface area contributed by atoms with E-state index in [0.717, 1.165) is 29.5 Å². The molecule has 6 nitrogen and oxygen atoms in total. The molecule has 150 valence electrons. The highest BCUT2D eigenvalue weighted by Crippen LogP contribution is 2.30. The van der Waals surface area contributed by atoms with E-state index in [1.165, 1.54) is 0 Å². The van der Waals surface area contributed by atoms with E-state index in [4.69, 9.17) is 14.2 Å². The van der Waals surface area contributed by atoms with Gasteiger partial charge >= 0.3 is 6.16 Å². The van der Waals surface area contributed by atoms with Crippen molar-refractivity contribution in [2.24, 2.45) is 0 Å². The van der Waals surface area contributed by atoms with E-state index in [9.17, 15) is 9.59 Å². The Balaban J connectivity index is 2.05. The SMILES string of the molecule is CCOC(=O)OCC1(NC(=O)Cc2cc(C)ccc2C)CCC(OC)CC1. The van der Waals surface area contributed by atoms with Gasteiger partial charge in [0.05, 0.1) is 24.7 Å². The van der Waals surface area contributed by atoms with E-state index in [-0.39, 0.29) is 25.2 Å². The first-order valence-corrected chi connectivity index (χ1v) is 9.57. The largest absolute Gasteiger partial charge is 0.508 e. The van der Waals surface area contributed by atoms with Gasteiger partial charge in [-0.2, -0.15) is 0 Å². The van der Waals surface area contributed by atoms with E-state index in [2.05, 4.69) is 5.32 Å². The van der Waals surface area contributed by atoms with E-state index < -0.39 is 11.7 Å². The van der Waals surface area contributed by atoms with Gasteiger partial charge in [-0.05, 0) is 57.6 Å². The Kier molecular flexibility index (Phi) is 7.66. The van der Waals surface area contributed by atoms with Gasteiger partial charge in [0.2, 0.25) is 5.91 Å². The molecule has 1 fully saturated rings. The Morgan fingerprint density at radius 2 is 1.89 bits per heavy atom. The van der Waals surface area contributed by atoms with Gasteiger partial charge in [-0.15, -0.1) is 0 Å². The fraction of sp³-hybridized carbons (Fsp3) is 0.619. The number of methoxy groups -OCH3 is 1. The quantitative estimate of drug-likeness (QED) is 0.737. The van der Waals surface area contributed by atoms with Crippen LogP contribution in [-0.4, -0.2) is 44.0 Å². The van der Waals surface area contributed by atoms with Crippen LogP contribution in [0.1, 0.15) is 49.3 Å². The zero-order valence-electron chi connectivity index (χ0n) is 16.8. The minimum Gasteiger partial charge on any atom is -0.435 e. The topological polar surface area (TPSA) is 73.9 Å². The lowest BCUT2D eigenvalue weighted by Gasteiger charge is -2.39. The maximum atomic E-state index is 12.8. The molecule has 27 heavy (non-hydrogen) atoms. The fourth-order valence-corrected chi connectivity index (χ4v) is 3.55. The number of nitrogens with one attached hydrogen (secondary N) is 1. The van der Waals surface area contributed by atoms with E-state index in [1.807, 2.05) is 32.0 Å². The van der Waals surface area contributed by atoms with Gasteiger partial charge in [0.1, 0.15) is 6.61 Å². The van der Waals surface area contributed by atoms with Crippen LogP contribution >= 0.6 is 0 Å². The highest BCUT2D eigenvalue weighted by molar-refractivity contribution is 5.80. The van der Waals surface area contributed by atoms with Gasteiger partial charge < -0.3 is 19.5 Å². The van der Waals surface area contributed by atoms with Crippen LogP contribution in [0, 0.1) is 13.8 Å². The Morgan fingerprint density at radius 1 is 1.19 bits per heavy atom. The summed E-state index contributed by atoms with van der Waals surface area (Å²) in [5.41, 5.74) is 2.66. The van der Waals surface area contributed by atoms with Crippen LogP contribution in [-0.2, 0) is 25.4 Å². The van der Waals surface area contributed by atoms with Crippen LogP contribution in [0.3, 0.4) is 0 Å². The molecular formula is C21H31NO5. The molecule has 1 aromatic rings. The summed E-state index contributed by atoms with van der Waals surface area (Å²) in [6, 6.07) is 6.11. The number of ether oxygens (including phenoxy) is 3. The summed E-state index contributed by atoms with van der Waals surface area (Å²) in [5, 5.41) is 3.14. The van der Waals surface area contributed by atoms with Crippen molar-refractivity contribution in [2.75, 3.05) is 20.3 Å². The third-order valence-corrected chi connectivity index (χ3v) is 5.21. The molecule has 0 atom stereocenters. The Labute approximate surface area is 161 Å². The van der Waals surface area contributed by atoms with Gasteiger partial charge in [-0.1, -0.05) is 23.8 Å². The van der Waals surface area contributed by atoms with Crippen LogP contribution in [0.5, 0.6) is 0 Å². The lowest BCUT2D eigenvalue weighted by atomic mass is 9.80. The predicted octanol–water partition coefficient (Wildman–Crippen LogP) is 3.46. The van der Waals surface area contributed by atoms with Crippen molar-refractivity contribution in [3.05, 3.63) is 34.9 Å². The first-order valence-electron chi connectivity index (χ1n) is 9.57. The van der Waals surface area contributed by atoms with E-state index in [1.54, 1.807) is 14.0 Å². The second-order valence-corrected chi connectivity index (χ2v) is 7.34. The standard InChI is InChI=1S/C21H31NO5/c1-5-26-20(24)27-14-21(10-8-18(25-4)9-11-21)22-19(23)13-17-12-15(2)6-7-16(17)3/h6-7,12,18H,5,8-11,13-14H2,1-4H3,(H,22,23). The molecule has 6 heteroatoms. The van der Waals surface area contributed by atoms with Crippen molar-refractivity contribution in [3.8, 4) is 0 Å². The van der Waals surface area contributed by atoms with Crippen molar-refractivity contribution >= 4 is 12.1 Å². The fourth-order valence-electron chi connectivity index (χ4n) is 3.55. The maximum Gasteiger partial charge on any atom is 0.508 e. The summed E-state index contributed by atoms with van der Waals surface area (Å²) in [5.74, 6) is -0.0629. The summed E-state index contributed by atoms with van der Waals surface area (Å²) in [6.45, 7) is 6.12. The van der Waals surface area contributed by atoms with Crippen LogP contribution in [0.25, 0.3) is 0 Å². The molecular weight excluding hydrogens is 346 g/mol. The second-order valence-electron chi connectivity index (χ2n) is 7.34. The molecule has 0 bridgehead atoms. The number of rotatable bonds is 7. The number of aryl methyl sites for hydroxylation is 2. The number of carbonyl (C=O) groups excluding carboxylic acids is 2. The summed E-state index contributed by atoms with van der Waals surface area (Å²) < 4.78 is 15.6. The minimum atomic E-state index is -0.700. The minimum absolute atomic E-state index is 0.0629. The molecule has 0 radical (unpaired) electrons. The molecule has 0 heterocycles. The Bertz CT molecular complexity index is 650. The molecule has 1 aliphatic carbocycles. The third kappa shape index (κ3) is 6.24. The lowest BCUT2D eigenvalue weighted by molar-refractivity contribution is -0.124. The monoisotopic (exact) mass is 377 g/mol. The molecule has 1 N–H and O–H groups in total. The first-order chi connectivity index (χ1) is 12.9. The molecule has 0 saturated heterocycles. The molecule has 1 amide bonds. The van der Waals surface area contributed by atoms with E-state index in [0.29, 0.717) is 19.3 Å². The van der Waals surface area contributed by atoms with Crippen molar-refractivity contribution in [2.45, 2.75) is 64.5 Å². The molecule has 0 aliphatic heterocycles. The van der Waals surface area contributed by atoms with Crippen LogP contribution < -0.4 is 5.32 Å². The van der Waals surface area contributed by atoms with Gasteiger partial charge in [-0.25, -0.2) is 4.79 Å². The molecule has 1 aromatic carbocycles. The highest BCUT2D eigenvalue weighted by atomic mass is 16.7. The highest BCUT2D eigenvalue weighted by Gasteiger charge is 2.38. The average molecular weight is 377 g/mol. The number of benzene rings is 1. The van der Waals surface area contributed by atoms with Crippen molar-refractivity contribution < 1.29 is 23.8 Å². The van der Waals surface area contributed by atoms with Gasteiger partial charge in [0, 0.05) is 7.11 Å². The summed E-state index contributed by atoms with van der Waals surface area (Å²) in [4.78, 5) is 24.4. The zero-order valence-corrected chi connectivity index (χ0v) is 16.8. The van der Waals surface area contributed by atoms with Gasteiger partial charge in [0.25, 0.3) is 0 Å². The molecule has 1 aliphatic rings. The smallest absolute Gasteiger partial charge is 0.435 e. The molecule has 0 spiro atoms. The predicted molar refractivity (Wildman–Crippen MR) is 103 cm³/mol.